The molecule has 0 fully saturated rings. The zero-order chi connectivity index (χ0) is 14.9. The Morgan fingerprint density at radius 3 is 2.60 bits per heavy atom. The molecule has 0 radical (unpaired) electrons. The van der Waals surface area contributed by atoms with Crippen LogP contribution in [0, 0.1) is 12.7 Å². The van der Waals surface area contributed by atoms with Gasteiger partial charge in [-0.25, -0.2) is 4.39 Å². The molecule has 1 amide bonds. The molecule has 2 rings (SSSR count). The third-order valence-electron chi connectivity index (χ3n) is 2.69. The Bertz CT molecular complexity index is 691. The molecule has 2 nitrogen and oxygen atoms in total. The van der Waals surface area contributed by atoms with Gasteiger partial charge in [0.1, 0.15) is 5.82 Å². The van der Waals surface area contributed by atoms with Crippen molar-refractivity contribution in [1.29, 1.82) is 0 Å². The fourth-order valence-electron chi connectivity index (χ4n) is 1.62. The second-order valence-corrected chi connectivity index (χ2v) is 5.53. The molecule has 6 heteroatoms. The van der Waals surface area contributed by atoms with E-state index in [0.717, 1.165) is 5.56 Å². The summed E-state index contributed by atoms with van der Waals surface area (Å²) in [5, 5.41) is 3.33. The molecule has 0 saturated carbocycles. The summed E-state index contributed by atoms with van der Waals surface area (Å²) in [6.07, 6.45) is 0. The number of carbonyl (C=O) groups excluding carboxylic acids is 1. The number of amides is 1. The predicted molar refractivity (Wildman–Crippen MR) is 82.8 cm³/mol. The van der Waals surface area contributed by atoms with Crippen LogP contribution >= 0.6 is 35.8 Å². The Labute approximate surface area is 131 Å². The molecular weight excluding hydrogens is 320 g/mol. The van der Waals surface area contributed by atoms with Crippen molar-refractivity contribution in [1.82, 2.24) is 0 Å². The molecule has 0 atom stereocenters. The first-order valence-electron chi connectivity index (χ1n) is 5.64. The molecule has 104 valence electrons. The maximum Gasteiger partial charge on any atom is 0.258 e. The predicted octanol–water partition coefficient (Wildman–Crippen LogP) is 4.98. The van der Waals surface area contributed by atoms with E-state index in [0.29, 0.717) is 20.6 Å². The number of halogens is 3. The van der Waals surface area contributed by atoms with E-state index in [4.69, 9.17) is 23.2 Å². The minimum absolute atomic E-state index is 0.106. The van der Waals surface area contributed by atoms with Crippen molar-refractivity contribution in [2.75, 3.05) is 5.32 Å². The lowest BCUT2D eigenvalue weighted by Crippen LogP contribution is -2.14. The summed E-state index contributed by atoms with van der Waals surface area (Å²) in [5.41, 5.74) is 1.01. The molecular formula is C14H10Cl2FNOS. The fraction of sp³-hybridized carbons (Fsp3) is 0.0714. The van der Waals surface area contributed by atoms with Crippen LogP contribution in [0.3, 0.4) is 0 Å². The standard InChI is InChI=1S/C14H10Cl2FNOS/c1-7-4-11(16)13(6-10(7)15)18-14(19)9-5-8(20)2-3-12(9)17/h2-6,20H,1H3,(H,18,19). The van der Waals surface area contributed by atoms with Crippen molar-refractivity contribution >= 4 is 47.4 Å². The molecule has 0 aliphatic carbocycles. The van der Waals surface area contributed by atoms with Gasteiger partial charge in [-0.1, -0.05) is 23.2 Å². The monoisotopic (exact) mass is 329 g/mol. The molecule has 2 aromatic carbocycles. The largest absolute Gasteiger partial charge is 0.320 e. The van der Waals surface area contributed by atoms with Gasteiger partial charge in [0.15, 0.2) is 0 Å². The van der Waals surface area contributed by atoms with Crippen LogP contribution in [0.5, 0.6) is 0 Å². The average molecular weight is 330 g/mol. The number of hydrogen-bond acceptors (Lipinski definition) is 2. The Kier molecular flexibility index (Phi) is 4.58. The molecule has 0 spiro atoms. The van der Waals surface area contributed by atoms with E-state index in [1.165, 1.54) is 24.3 Å². The minimum atomic E-state index is -0.630. The summed E-state index contributed by atoms with van der Waals surface area (Å²) in [6, 6.07) is 7.15. The molecule has 0 saturated heterocycles. The second kappa shape index (κ2) is 6.04. The number of benzene rings is 2. The highest BCUT2D eigenvalue weighted by molar-refractivity contribution is 7.80. The van der Waals surface area contributed by atoms with Crippen molar-refractivity contribution in [3.8, 4) is 0 Å². The number of carbonyl (C=O) groups is 1. The van der Waals surface area contributed by atoms with E-state index >= 15 is 0 Å². The summed E-state index contributed by atoms with van der Waals surface area (Å²) in [5.74, 6) is -1.24. The maximum atomic E-state index is 13.6. The summed E-state index contributed by atoms with van der Waals surface area (Å²) in [6.45, 7) is 1.80. The maximum absolute atomic E-state index is 13.6. The number of anilines is 1. The van der Waals surface area contributed by atoms with Crippen LogP contribution in [0.15, 0.2) is 35.2 Å². The number of rotatable bonds is 2. The third kappa shape index (κ3) is 3.26. The third-order valence-corrected chi connectivity index (χ3v) is 3.69. The normalized spacial score (nSPS) is 10.4. The lowest BCUT2D eigenvalue weighted by atomic mass is 10.1. The van der Waals surface area contributed by atoms with Crippen LogP contribution in [0.25, 0.3) is 0 Å². The van der Waals surface area contributed by atoms with Crippen LogP contribution in [0.4, 0.5) is 10.1 Å². The van der Waals surface area contributed by atoms with Gasteiger partial charge in [-0.3, -0.25) is 4.79 Å². The van der Waals surface area contributed by atoms with E-state index in [1.54, 1.807) is 13.0 Å². The van der Waals surface area contributed by atoms with Gasteiger partial charge in [0.2, 0.25) is 0 Å². The minimum Gasteiger partial charge on any atom is -0.320 e. The van der Waals surface area contributed by atoms with E-state index in [-0.39, 0.29) is 5.56 Å². The van der Waals surface area contributed by atoms with Crippen LogP contribution in [-0.2, 0) is 0 Å². The molecule has 0 bridgehead atoms. The summed E-state index contributed by atoms with van der Waals surface area (Å²) in [4.78, 5) is 12.5. The molecule has 2 aromatic rings. The van der Waals surface area contributed by atoms with Gasteiger partial charge in [-0.2, -0.15) is 0 Å². The van der Waals surface area contributed by atoms with Crippen LogP contribution in [-0.4, -0.2) is 5.91 Å². The average Bonchev–Trinajstić information content (AvgIpc) is 2.38. The van der Waals surface area contributed by atoms with Crippen LogP contribution in [0.2, 0.25) is 10.0 Å². The van der Waals surface area contributed by atoms with E-state index < -0.39 is 11.7 Å². The Hall–Kier alpha value is -1.23. The first kappa shape index (κ1) is 15.2. The van der Waals surface area contributed by atoms with Crippen molar-refractivity contribution in [3.63, 3.8) is 0 Å². The highest BCUT2D eigenvalue weighted by Crippen LogP contribution is 2.29. The van der Waals surface area contributed by atoms with Crippen LogP contribution in [0.1, 0.15) is 15.9 Å². The molecule has 0 aliphatic rings. The molecule has 0 unspecified atom stereocenters. The molecule has 1 N–H and O–H groups in total. The van der Waals surface area contributed by atoms with Crippen molar-refractivity contribution in [2.24, 2.45) is 0 Å². The van der Waals surface area contributed by atoms with E-state index in [9.17, 15) is 9.18 Å². The number of aryl methyl sites for hydroxylation is 1. The second-order valence-electron chi connectivity index (χ2n) is 4.20. The summed E-state index contributed by atoms with van der Waals surface area (Å²) >= 11 is 16.1. The molecule has 0 heterocycles. The number of nitrogens with one attached hydrogen (secondary N) is 1. The summed E-state index contributed by atoms with van der Waals surface area (Å²) in [7, 11) is 0. The fourth-order valence-corrected chi connectivity index (χ4v) is 2.25. The van der Waals surface area contributed by atoms with E-state index in [1.807, 2.05) is 0 Å². The smallest absolute Gasteiger partial charge is 0.258 e. The van der Waals surface area contributed by atoms with Gasteiger partial charge in [-0.15, -0.1) is 12.6 Å². The molecule has 0 aromatic heterocycles. The number of thiol groups is 1. The number of hydrogen-bond donors (Lipinski definition) is 2. The first-order chi connectivity index (χ1) is 9.38. The Morgan fingerprint density at radius 1 is 1.20 bits per heavy atom. The van der Waals surface area contributed by atoms with Gasteiger partial charge in [0.25, 0.3) is 5.91 Å². The highest BCUT2D eigenvalue weighted by Gasteiger charge is 2.14. The van der Waals surface area contributed by atoms with Gasteiger partial charge in [-0.05, 0) is 42.8 Å². The SMILES string of the molecule is Cc1cc(Cl)c(NC(=O)c2cc(S)ccc2F)cc1Cl. The summed E-state index contributed by atoms with van der Waals surface area (Å²) < 4.78 is 13.6. The lowest BCUT2D eigenvalue weighted by molar-refractivity contribution is 0.102. The Balaban J connectivity index is 2.32. The zero-order valence-corrected chi connectivity index (χ0v) is 12.8. The van der Waals surface area contributed by atoms with Crippen molar-refractivity contribution < 1.29 is 9.18 Å². The quantitative estimate of drug-likeness (QED) is 0.747. The highest BCUT2D eigenvalue weighted by atomic mass is 35.5. The molecule has 0 aliphatic heterocycles. The zero-order valence-electron chi connectivity index (χ0n) is 10.4. The topological polar surface area (TPSA) is 29.1 Å². The van der Waals surface area contributed by atoms with Crippen molar-refractivity contribution in [3.05, 3.63) is 57.3 Å². The van der Waals surface area contributed by atoms with Gasteiger partial charge >= 0.3 is 0 Å². The van der Waals surface area contributed by atoms with Gasteiger partial charge < -0.3 is 5.32 Å². The van der Waals surface area contributed by atoms with Gasteiger partial charge in [0, 0.05) is 9.92 Å². The molecule has 20 heavy (non-hydrogen) atoms. The lowest BCUT2D eigenvalue weighted by Gasteiger charge is -2.10. The van der Waals surface area contributed by atoms with Gasteiger partial charge in [0.05, 0.1) is 16.3 Å². The van der Waals surface area contributed by atoms with E-state index in [2.05, 4.69) is 17.9 Å². The van der Waals surface area contributed by atoms with Crippen molar-refractivity contribution in [2.45, 2.75) is 11.8 Å². The Morgan fingerprint density at radius 2 is 1.90 bits per heavy atom. The first-order valence-corrected chi connectivity index (χ1v) is 6.84. The van der Waals surface area contributed by atoms with Crippen LogP contribution < -0.4 is 5.32 Å².